The van der Waals surface area contributed by atoms with E-state index in [1.165, 1.54) is 4.52 Å². The van der Waals surface area contributed by atoms with Gasteiger partial charge in [0.15, 0.2) is 5.65 Å². The van der Waals surface area contributed by atoms with E-state index >= 15 is 0 Å². The van der Waals surface area contributed by atoms with Crippen LogP contribution in [0.4, 0.5) is 0 Å². The molecule has 3 nitrogen and oxygen atoms in total. The molecule has 18 heavy (non-hydrogen) atoms. The number of aromatic nitrogens is 3. The van der Waals surface area contributed by atoms with Crippen molar-refractivity contribution in [2.45, 2.75) is 0 Å². The summed E-state index contributed by atoms with van der Waals surface area (Å²) in [6, 6.07) is 9.02. The quantitative estimate of drug-likeness (QED) is 0.625. The minimum atomic E-state index is 0.321. The Morgan fingerprint density at radius 1 is 1.00 bits per heavy atom. The van der Waals surface area contributed by atoms with Crippen molar-refractivity contribution in [1.29, 1.82) is 0 Å². The zero-order valence-corrected chi connectivity index (χ0v) is 11.2. The smallest absolute Gasteiger partial charge is 0.166 e. The van der Waals surface area contributed by atoms with E-state index in [1.54, 1.807) is 12.3 Å². The summed E-state index contributed by atoms with van der Waals surface area (Å²) < 4.78 is 1.52. The molecular weight excluding hydrogens is 293 g/mol. The van der Waals surface area contributed by atoms with Gasteiger partial charge in [-0.05, 0) is 6.07 Å². The second-order valence-electron chi connectivity index (χ2n) is 3.68. The Balaban J connectivity index is 2.34. The van der Waals surface area contributed by atoms with Crippen molar-refractivity contribution < 1.29 is 0 Å². The SMILES string of the molecule is Clc1cc(Cl)n2ncc(-c3ccccc3Cl)c2n1. The van der Waals surface area contributed by atoms with Gasteiger partial charge in [0.1, 0.15) is 10.3 Å². The first-order valence-corrected chi connectivity index (χ1v) is 6.25. The monoisotopic (exact) mass is 297 g/mol. The predicted molar refractivity (Wildman–Crippen MR) is 73.5 cm³/mol. The summed E-state index contributed by atoms with van der Waals surface area (Å²) in [4.78, 5) is 4.24. The molecule has 3 rings (SSSR count). The average molecular weight is 299 g/mol. The fourth-order valence-corrected chi connectivity index (χ4v) is 2.47. The molecular formula is C12H6Cl3N3. The Morgan fingerprint density at radius 2 is 1.78 bits per heavy atom. The standard InChI is InChI=1S/C12H6Cl3N3/c13-9-4-2-1-3-7(9)8-6-16-18-11(15)5-10(14)17-12(8)18/h1-6H. The molecule has 0 amide bonds. The van der Waals surface area contributed by atoms with Crippen LogP contribution in [0.1, 0.15) is 0 Å². The summed E-state index contributed by atoms with van der Waals surface area (Å²) in [5, 5.41) is 5.54. The highest BCUT2D eigenvalue weighted by atomic mass is 35.5. The molecule has 90 valence electrons. The Labute approximate surface area is 118 Å². The van der Waals surface area contributed by atoms with Gasteiger partial charge in [-0.2, -0.15) is 5.10 Å². The van der Waals surface area contributed by atoms with Crippen molar-refractivity contribution in [2.75, 3.05) is 0 Å². The lowest BCUT2D eigenvalue weighted by Gasteiger charge is -2.02. The molecule has 6 heteroatoms. The Bertz CT molecular complexity index is 737. The molecule has 0 unspecified atom stereocenters. The minimum Gasteiger partial charge on any atom is -0.216 e. The Kier molecular flexibility index (Phi) is 2.90. The van der Waals surface area contributed by atoms with E-state index in [0.717, 1.165) is 11.1 Å². The number of hydrogen-bond donors (Lipinski definition) is 0. The van der Waals surface area contributed by atoms with Crippen molar-refractivity contribution in [3.8, 4) is 11.1 Å². The first-order valence-electron chi connectivity index (χ1n) is 5.11. The largest absolute Gasteiger partial charge is 0.216 e. The maximum absolute atomic E-state index is 6.16. The molecule has 0 saturated carbocycles. The lowest BCUT2D eigenvalue weighted by atomic mass is 10.1. The first-order chi connectivity index (χ1) is 8.66. The molecule has 0 aliphatic rings. The number of benzene rings is 1. The van der Waals surface area contributed by atoms with Gasteiger partial charge in [0.25, 0.3) is 0 Å². The summed E-state index contributed by atoms with van der Waals surface area (Å²) >= 11 is 18.1. The van der Waals surface area contributed by atoms with Gasteiger partial charge >= 0.3 is 0 Å². The highest BCUT2D eigenvalue weighted by Gasteiger charge is 2.13. The van der Waals surface area contributed by atoms with Gasteiger partial charge in [-0.1, -0.05) is 53.0 Å². The molecule has 0 bridgehead atoms. The Hall–Kier alpha value is -1.29. The van der Waals surface area contributed by atoms with Gasteiger partial charge in [0, 0.05) is 22.2 Å². The third-order valence-electron chi connectivity index (χ3n) is 2.56. The molecule has 2 heterocycles. The second-order valence-corrected chi connectivity index (χ2v) is 4.86. The van der Waals surface area contributed by atoms with Crippen LogP contribution in [-0.2, 0) is 0 Å². The van der Waals surface area contributed by atoms with Crippen molar-refractivity contribution in [2.24, 2.45) is 0 Å². The molecule has 0 saturated heterocycles. The van der Waals surface area contributed by atoms with Gasteiger partial charge < -0.3 is 0 Å². The van der Waals surface area contributed by atoms with E-state index < -0.39 is 0 Å². The van der Waals surface area contributed by atoms with Crippen LogP contribution in [0, 0.1) is 0 Å². The van der Waals surface area contributed by atoms with Crippen LogP contribution >= 0.6 is 34.8 Å². The van der Waals surface area contributed by atoms with Crippen molar-refractivity contribution in [3.63, 3.8) is 0 Å². The van der Waals surface area contributed by atoms with E-state index in [0.29, 0.717) is 21.0 Å². The minimum absolute atomic E-state index is 0.321. The van der Waals surface area contributed by atoms with Gasteiger partial charge in [0.05, 0.1) is 6.20 Å². The van der Waals surface area contributed by atoms with Gasteiger partial charge in [0.2, 0.25) is 0 Å². The molecule has 0 N–H and O–H groups in total. The number of hydrogen-bond acceptors (Lipinski definition) is 2. The molecule has 0 aliphatic carbocycles. The molecule has 3 aromatic rings. The molecule has 0 spiro atoms. The summed E-state index contributed by atoms with van der Waals surface area (Å²) in [6.07, 6.45) is 1.67. The molecule has 0 radical (unpaired) electrons. The van der Waals surface area contributed by atoms with Gasteiger partial charge in [-0.15, -0.1) is 0 Å². The summed E-state index contributed by atoms with van der Waals surface area (Å²) in [5.41, 5.74) is 2.23. The van der Waals surface area contributed by atoms with Crippen LogP contribution in [0.25, 0.3) is 16.8 Å². The molecule has 2 aromatic heterocycles. The number of fused-ring (bicyclic) bond motifs is 1. The summed E-state index contributed by atoms with van der Waals surface area (Å²) in [7, 11) is 0. The fourth-order valence-electron chi connectivity index (χ4n) is 1.77. The normalized spacial score (nSPS) is 11.1. The second kappa shape index (κ2) is 4.43. The average Bonchev–Trinajstić information content (AvgIpc) is 2.73. The van der Waals surface area contributed by atoms with Gasteiger partial charge in [-0.3, -0.25) is 0 Å². The van der Waals surface area contributed by atoms with Crippen molar-refractivity contribution >= 4 is 40.4 Å². The molecule has 0 aliphatic heterocycles. The third-order valence-corrected chi connectivity index (χ3v) is 3.35. The van der Waals surface area contributed by atoms with E-state index in [4.69, 9.17) is 34.8 Å². The van der Waals surface area contributed by atoms with Crippen LogP contribution in [0.5, 0.6) is 0 Å². The topological polar surface area (TPSA) is 30.2 Å². The maximum Gasteiger partial charge on any atom is 0.166 e. The lowest BCUT2D eigenvalue weighted by molar-refractivity contribution is 0.940. The summed E-state index contributed by atoms with van der Waals surface area (Å²) in [5.74, 6) is 0. The predicted octanol–water partition coefficient (Wildman–Crippen LogP) is 4.36. The van der Waals surface area contributed by atoms with E-state index in [-0.39, 0.29) is 0 Å². The van der Waals surface area contributed by atoms with Crippen molar-refractivity contribution in [1.82, 2.24) is 14.6 Å². The van der Waals surface area contributed by atoms with Crippen LogP contribution < -0.4 is 0 Å². The van der Waals surface area contributed by atoms with Gasteiger partial charge in [-0.25, -0.2) is 9.50 Å². The summed E-state index contributed by atoms with van der Waals surface area (Å²) in [6.45, 7) is 0. The number of rotatable bonds is 1. The zero-order valence-electron chi connectivity index (χ0n) is 8.94. The first kappa shape index (κ1) is 11.8. The highest BCUT2D eigenvalue weighted by molar-refractivity contribution is 6.34. The van der Waals surface area contributed by atoms with Crippen LogP contribution in [0.15, 0.2) is 36.5 Å². The fraction of sp³-hybridized carbons (Fsp3) is 0. The van der Waals surface area contributed by atoms with E-state index in [9.17, 15) is 0 Å². The zero-order chi connectivity index (χ0) is 12.7. The van der Waals surface area contributed by atoms with Crippen LogP contribution in [0.2, 0.25) is 15.3 Å². The lowest BCUT2D eigenvalue weighted by Crippen LogP contribution is -1.92. The third kappa shape index (κ3) is 1.85. The van der Waals surface area contributed by atoms with E-state index in [2.05, 4.69) is 10.1 Å². The van der Waals surface area contributed by atoms with Crippen LogP contribution in [0.3, 0.4) is 0 Å². The van der Waals surface area contributed by atoms with Crippen LogP contribution in [-0.4, -0.2) is 14.6 Å². The molecule has 0 fully saturated rings. The molecule has 0 atom stereocenters. The Morgan fingerprint density at radius 3 is 2.56 bits per heavy atom. The highest BCUT2D eigenvalue weighted by Crippen LogP contribution is 2.31. The number of halogens is 3. The number of nitrogens with zero attached hydrogens (tertiary/aromatic N) is 3. The molecule has 1 aromatic carbocycles. The van der Waals surface area contributed by atoms with Crippen molar-refractivity contribution in [3.05, 3.63) is 51.9 Å². The maximum atomic E-state index is 6.16. The van der Waals surface area contributed by atoms with E-state index in [1.807, 2.05) is 24.3 Å².